The number of carbonyl (C=O) groups excluding carboxylic acids is 1. The van der Waals surface area contributed by atoms with Gasteiger partial charge in [-0.05, 0) is 30.9 Å². The minimum absolute atomic E-state index is 0. The van der Waals surface area contributed by atoms with Crippen LogP contribution >= 0.6 is 12.4 Å². The van der Waals surface area contributed by atoms with Crippen LogP contribution < -0.4 is 10.6 Å². The number of hydrogen-bond acceptors (Lipinski definition) is 3. The summed E-state index contributed by atoms with van der Waals surface area (Å²) in [5.41, 5.74) is 1.18. The fraction of sp³-hybridized carbons (Fsp3) is 0.588. The summed E-state index contributed by atoms with van der Waals surface area (Å²) in [6.07, 6.45) is 3.26. The summed E-state index contributed by atoms with van der Waals surface area (Å²) in [5.74, 6) is 0.450. The van der Waals surface area contributed by atoms with E-state index in [0.717, 1.165) is 19.4 Å². The van der Waals surface area contributed by atoms with E-state index in [-0.39, 0.29) is 24.4 Å². The van der Waals surface area contributed by atoms with Gasteiger partial charge in [-0.25, -0.2) is 0 Å². The molecule has 124 valence electrons. The molecule has 5 heteroatoms. The topological polar surface area (TPSA) is 50.4 Å². The van der Waals surface area contributed by atoms with Crippen molar-refractivity contribution in [3.8, 4) is 0 Å². The van der Waals surface area contributed by atoms with E-state index in [2.05, 4.69) is 29.7 Å². The minimum atomic E-state index is -0.00353. The molecule has 2 unspecified atom stereocenters. The van der Waals surface area contributed by atoms with E-state index < -0.39 is 0 Å². The molecule has 2 rings (SSSR count). The van der Waals surface area contributed by atoms with E-state index in [4.69, 9.17) is 4.74 Å². The first kappa shape index (κ1) is 18.9. The van der Waals surface area contributed by atoms with Crippen LogP contribution in [0.15, 0.2) is 30.3 Å². The molecule has 1 amide bonds. The zero-order chi connectivity index (χ0) is 14.9. The lowest BCUT2D eigenvalue weighted by molar-refractivity contribution is -0.123. The molecule has 0 radical (unpaired) electrons. The van der Waals surface area contributed by atoms with Crippen LogP contribution in [-0.4, -0.2) is 31.6 Å². The molecule has 0 aromatic heterocycles. The predicted molar refractivity (Wildman–Crippen MR) is 91.2 cm³/mol. The van der Waals surface area contributed by atoms with Crippen molar-refractivity contribution < 1.29 is 9.53 Å². The Morgan fingerprint density at radius 1 is 1.36 bits per heavy atom. The fourth-order valence-corrected chi connectivity index (χ4v) is 2.48. The van der Waals surface area contributed by atoms with Gasteiger partial charge in [0.05, 0.1) is 19.3 Å². The summed E-state index contributed by atoms with van der Waals surface area (Å²) >= 11 is 0. The van der Waals surface area contributed by atoms with Gasteiger partial charge in [0.25, 0.3) is 0 Å². The molecule has 2 atom stereocenters. The van der Waals surface area contributed by atoms with Crippen LogP contribution in [0.25, 0.3) is 0 Å². The molecule has 0 saturated carbocycles. The SMILES string of the molecule is CC(CNC(=O)C1CCCCN1)COCc1ccccc1.Cl. The summed E-state index contributed by atoms with van der Waals surface area (Å²) in [5, 5.41) is 6.28. The Morgan fingerprint density at radius 2 is 2.14 bits per heavy atom. The first-order valence-electron chi connectivity index (χ1n) is 7.88. The van der Waals surface area contributed by atoms with Crippen LogP contribution in [0.4, 0.5) is 0 Å². The van der Waals surface area contributed by atoms with Crippen LogP contribution in [-0.2, 0) is 16.1 Å². The van der Waals surface area contributed by atoms with E-state index in [9.17, 15) is 4.79 Å². The Labute approximate surface area is 139 Å². The lowest BCUT2D eigenvalue weighted by atomic mass is 10.0. The molecule has 1 aromatic carbocycles. The van der Waals surface area contributed by atoms with Crippen LogP contribution in [0.5, 0.6) is 0 Å². The summed E-state index contributed by atoms with van der Waals surface area (Å²) in [4.78, 5) is 12.0. The fourth-order valence-electron chi connectivity index (χ4n) is 2.48. The van der Waals surface area contributed by atoms with Gasteiger partial charge in [-0.15, -0.1) is 12.4 Å². The highest BCUT2D eigenvalue weighted by atomic mass is 35.5. The number of ether oxygens (including phenoxy) is 1. The second-order valence-corrected chi connectivity index (χ2v) is 5.85. The molecular weight excluding hydrogens is 300 g/mol. The van der Waals surface area contributed by atoms with Gasteiger partial charge >= 0.3 is 0 Å². The molecule has 1 saturated heterocycles. The molecule has 1 fully saturated rings. The average molecular weight is 327 g/mol. The van der Waals surface area contributed by atoms with Crippen molar-refractivity contribution >= 4 is 18.3 Å². The smallest absolute Gasteiger partial charge is 0.237 e. The van der Waals surface area contributed by atoms with E-state index in [1.807, 2.05) is 18.2 Å². The second-order valence-electron chi connectivity index (χ2n) is 5.85. The molecule has 1 aromatic rings. The van der Waals surface area contributed by atoms with Gasteiger partial charge in [0.1, 0.15) is 0 Å². The van der Waals surface area contributed by atoms with Crippen molar-refractivity contribution in [3.63, 3.8) is 0 Å². The second kappa shape index (κ2) is 10.6. The first-order valence-corrected chi connectivity index (χ1v) is 7.88. The Bertz CT molecular complexity index is 422. The zero-order valence-electron chi connectivity index (χ0n) is 13.2. The first-order chi connectivity index (χ1) is 10.3. The van der Waals surface area contributed by atoms with E-state index >= 15 is 0 Å². The number of piperidine rings is 1. The van der Waals surface area contributed by atoms with Crippen molar-refractivity contribution in [1.29, 1.82) is 0 Å². The van der Waals surface area contributed by atoms with Crippen LogP contribution in [0.3, 0.4) is 0 Å². The van der Waals surface area contributed by atoms with E-state index in [1.54, 1.807) is 0 Å². The minimum Gasteiger partial charge on any atom is -0.376 e. The van der Waals surface area contributed by atoms with Crippen molar-refractivity contribution in [1.82, 2.24) is 10.6 Å². The third-order valence-corrected chi connectivity index (χ3v) is 3.77. The van der Waals surface area contributed by atoms with Gasteiger partial charge in [-0.1, -0.05) is 43.7 Å². The molecular formula is C17H27ClN2O2. The summed E-state index contributed by atoms with van der Waals surface area (Å²) in [6, 6.07) is 10.1. The van der Waals surface area contributed by atoms with Crippen LogP contribution in [0.2, 0.25) is 0 Å². The Balaban J connectivity index is 0.00000242. The third kappa shape index (κ3) is 6.77. The number of rotatable bonds is 7. The molecule has 4 nitrogen and oxygen atoms in total. The normalized spacial score (nSPS) is 19.0. The van der Waals surface area contributed by atoms with Gasteiger partial charge < -0.3 is 15.4 Å². The quantitative estimate of drug-likeness (QED) is 0.809. The predicted octanol–water partition coefficient (Wildman–Crippen LogP) is 2.52. The Hall–Kier alpha value is -1.10. The molecule has 2 N–H and O–H groups in total. The van der Waals surface area contributed by atoms with Gasteiger partial charge in [-0.3, -0.25) is 4.79 Å². The summed E-state index contributed by atoms with van der Waals surface area (Å²) < 4.78 is 5.69. The maximum atomic E-state index is 12.0. The zero-order valence-corrected chi connectivity index (χ0v) is 14.0. The largest absolute Gasteiger partial charge is 0.376 e. The molecule has 0 aliphatic carbocycles. The lowest BCUT2D eigenvalue weighted by Crippen LogP contribution is -2.47. The molecule has 1 aliphatic heterocycles. The van der Waals surface area contributed by atoms with Gasteiger partial charge in [-0.2, -0.15) is 0 Å². The molecule has 1 aliphatic rings. The van der Waals surface area contributed by atoms with Gasteiger partial charge in [0.15, 0.2) is 0 Å². The monoisotopic (exact) mass is 326 g/mol. The Morgan fingerprint density at radius 3 is 2.82 bits per heavy atom. The highest BCUT2D eigenvalue weighted by Crippen LogP contribution is 2.07. The number of benzene rings is 1. The summed E-state index contributed by atoms with van der Waals surface area (Å²) in [7, 11) is 0. The van der Waals surface area contributed by atoms with Crippen LogP contribution in [0, 0.1) is 5.92 Å². The molecule has 0 bridgehead atoms. The number of halogens is 1. The standard InChI is InChI=1S/C17H26N2O2.ClH/c1-14(12-21-13-15-7-3-2-4-8-15)11-19-17(20)16-9-5-6-10-18-16;/h2-4,7-8,14,16,18H,5-6,9-13H2,1H3,(H,19,20);1H. The number of amides is 1. The maximum Gasteiger partial charge on any atom is 0.237 e. The van der Waals surface area contributed by atoms with Crippen molar-refractivity contribution in [2.75, 3.05) is 19.7 Å². The lowest BCUT2D eigenvalue weighted by Gasteiger charge is -2.23. The van der Waals surface area contributed by atoms with Crippen molar-refractivity contribution in [2.24, 2.45) is 5.92 Å². The van der Waals surface area contributed by atoms with Gasteiger partial charge in [0.2, 0.25) is 5.91 Å². The van der Waals surface area contributed by atoms with Crippen LogP contribution in [0.1, 0.15) is 31.7 Å². The van der Waals surface area contributed by atoms with Crippen molar-refractivity contribution in [2.45, 2.75) is 38.8 Å². The molecule has 0 spiro atoms. The third-order valence-electron chi connectivity index (χ3n) is 3.77. The number of carbonyl (C=O) groups is 1. The highest BCUT2D eigenvalue weighted by molar-refractivity contribution is 5.85. The van der Waals surface area contributed by atoms with Gasteiger partial charge in [0, 0.05) is 6.54 Å². The number of hydrogen-bond donors (Lipinski definition) is 2. The molecule has 22 heavy (non-hydrogen) atoms. The Kier molecular flexibility index (Phi) is 9.13. The van der Waals surface area contributed by atoms with E-state index in [1.165, 1.54) is 12.0 Å². The van der Waals surface area contributed by atoms with E-state index in [0.29, 0.717) is 25.7 Å². The summed E-state index contributed by atoms with van der Waals surface area (Å²) in [6.45, 7) is 5.01. The maximum absolute atomic E-state index is 12.0. The molecule has 1 heterocycles. The van der Waals surface area contributed by atoms with Crippen molar-refractivity contribution in [3.05, 3.63) is 35.9 Å². The number of nitrogens with one attached hydrogen (secondary N) is 2. The average Bonchev–Trinajstić information content (AvgIpc) is 2.54. The highest BCUT2D eigenvalue weighted by Gasteiger charge is 2.20.